The van der Waals surface area contributed by atoms with Crippen molar-refractivity contribution in [2.24, 2.45) is 12.0 Å². The fraction of sp³-hybridized carbons (Fsp3) is 0.333. The lowest BCUT2D eigenvalue weighted by Gasteiger charge is -2.08. The molecule has 0 saturated carbocycles. The Labute approximate surface area is 169 Å². The van der Waals surface area contributed by atoms with Crippen LogP contribution in [0.5, 0.6) is 0 Å². The molecular formula is C21H24N2O3S2. The Morgan fingerprint density at radius 2 is 1.68 bits per heavy atom. The molecule has 0 bridgehead atoms. The van der Waals surface area contributed by atoms with E-state index >= 15 is 0 Å². The van der Waals surface area contributed by atoms with Gasteiger partial charge in [-0.15, -0.1) is 0 Å². The highest BCUT2D eigenvalue weighted by molar-refractivity contribution is 7.92. The van der Waals surface area contributed by atoms with Gasteiger partial charge in [0.25, 0.3) is 5.91 Å². The second kappa shape index (κ2) is 7.64. The fourth-order valence-electron chi connectivity index (χ4n) is 3.06. The standard InChI is InChI=1S/C21H24N2O3S2/c1-13(2)28(25,26)17-10-8-16(9-11-17)12-18(24)22-21-23(5)19-14(3)6-7-15(4)20(19)27-21/h6-11,13H,12H2,1-5H3. The average Bonchev–Trinajstić information content (AvgIpc) is 2.96. The summed E-state index contributed by atoms with van der Waals surface area (Å²) in [4.78, 5) is 17.7. The van der Waals surface area contributed by atoms with Gasteiger partial charge in [0.1, 0.15) is 0 Å². The normalized spacial score (nSPS) is 12.9. The van der Waals surface area contributed by atoms with Crippen molar-refractivity contribution in [3.05, 3.63) is 57.9 Å². The minimum atomic E-state index is -3.31. The molecule has 0 N–H and O–H groups in total. The van der Waals surface area contributed by atoms with E-state index in [2.05, 4.69) is 24.0 Å². The van der Waals surface area contributed by atoms with Crippen molar-refractivity contribution in [1.82, 2.24) is 4.57 Å². The Morgan fingerprint density at radius 3 is 2.25 bits per heavy atom. The molecule has 0 atom stereocenters. The first-order valence-corrected chi connectivity index (χ1v) is 11.4. The van der Waals surface area contributed by atoms with E-state index in [9.17, 15) is 13.2 Å². The lowest BCUT2D eigenvalue weighted by Crippen LogP contribution is -2.15. The van der Waals surface area contributed by atoms with Crippen LogP contribution in [0.25, 0.3) is 10.2 Å². The molecule has 1 amide bonds. The van der Waals surface area contributed by atoms with Gasteiger partial charge in [-0.25, -0.2) is 8.42 Å². The lowest BCUT2D eigenvalue weighted by molar-refractivity contribution is -0.117. The molecule has 0 saturated heterocycles. The maximum atomic E-state index is 12.5. The first-order valence-electron chi connectivity index (χ1n) is 9.07. The number of amides is 1. The number of thiazole rings is 1. The zero-order valence-electron chi connectivity index (χ0n) is 16.7. The molecule has 0 spiro atoms. The number of rotatable bonds is 4. The number of nitrogens with zero attached hydrogens (tertiary/aromatic N) is 2. The van der Waals surface area contributed by atoms with E-state index in [1.165, 1.54) is 11.3 Å². The summed E-state index contributed by atoms with van der Waals surface area (Å²) in [6, 6.07) is 10.6. The highest BCUT2D eigenvalue weighted by Gasteiger charge is 2.19. The molecule has 3 rings (SSSR count). The van der Waals surface area contributed by atoms with Gasteiger partial charge in [0.2, 0.25) is 0 Å². The zero-order chi connectivity index (χ0) is 20.6. The molecule has 3 aromatic rings. The van der Waals surface area contributed by atoms with Crippen LogP contribution in [0.15, 0.2) is 46.3 Å². The molecule has 7 heteroatoms. The second-order valence-electron chi connectivity index (χ2n) is 7.24. The quantitative estimate of drug-likeness (QED) is 0.651. The van der Waals surface area contributed by atoms with E-state index in [0.29, 0.717) is 4.80 Å². The van der Waals surface area contributed by atoms with E-state index in [4.69, 9.17) is 0 Å². The smallest absolute Gasteiger partial charge is 0.252 e. The largest absolute Gasteiger partial charge is 0.319 e. The van der Waals surface area contributed by atoms with Crippen LogP contribution in [0, 0.1) is 13.8 Å². The van der Waals surface area contributed by atoms with Crippen molar-refractivity contribution >= 4 is 37.3 Å². The summed E-state index contributed by atoms with van der Waals surface area (Å²) < 4.78 is 27.5. The number of aromatic nitrogens is 1. The van der Waals surface area contributed by atoms with Crippen LogP contribution in [0.4, 0.5) is 0 Å². The molecule has 1 heterocycles. The molecule has 2 aromatic carbocycles. The molecule has 0 radical (unpaired) electrons. The third-order valence-corrected chi connectivity index (χ3v) is 8.23. The number of carbonyl (C=O) groups is 1. The number of aryl methyl sites for hydroxylation is 3. The van der Waals surface area contributed by atoms with Gasteiger partial charge in [-0.05, 0) is 56.5 Å². The Balaban J connectivity index is 1.89. The number of carbonyl (C=O) groups excluding carboxylic acids is 1. The monoisotopic (exact) mass is 416 g/mol. The van der Waals surface area contributed by atoms with E-state index in [0.717, 1.165) is 26.9 Å². The van der Waals surface area contributed by atoms with E-state index < -0.39 is 15.1 Å². The number of hydrogen-bond donors (Lipinski definition) is 0. The highest BCUT2D eigenvalue weighted by atomic mass is 32.2. The predicted molar refractivity (Wildman–Crippen MR) is 113 cm³/mol. The molecule has 0 aliphatic carbocycles. The number of fused-ring (bicyclic) bond motifs is 1. The summed E-state index contributed by atoms with van der Waals surface area (Å²) in [5.41, 5.74) is 4.15. The molecule has 28 heavy (non-hydrogen) atoms. The van der Waals surface area contributed by atoms with Crippen molar-refractivity contribution in [3.8, 4) is 0 Å². The summed E-state index contributed by atoms with van der Waals surface area (Å²) in [6.45, 7) is 7.41. The summed E-state index contributed by atoms with van der Waals surface area (Å²) in [7, 11) is -1.39. The second-order valence-corrected chi connectivity index (χ2v) is 10.7. The van der Waals surface area contributed by atoms with Crippen molar-refractivity contribution in [1.29, 1.82) is 0 Å². The Hall–Kier alpha value is -2.25. The third kappa shape index (κ3) is 3.82. The minimum Gasteiger partial charge on any atom is -0.319 e. The lowest BCUT2D eigenvalue weighted by atomic mass is 10.1. The van der Waals surface area contributed by atoms with Gasteiger partial charge in [0.05, 0.1) is 26.8 Å². The summed E-state index contributed by atoms with van der Waals surface area (Å²) >= 11 is 1.51. The van der Waals surface area contributed by atoms with Gasteiger partial charge in [0, 0.05) is 7.05 Å². The van der Waals surface area contributed by atoms with Gasteiger partial charge in [0.15, 0.2) is 14.6 Å². The van der Waals surface area contributed by atoms with Crippen LogP contribution in [0.1, 0.15) is 30.5 Å². The molecule has 5 nitrogen and oxygen atoms in total. The molecule has 0 aliphatic heterocycles. The van der Waals surface area contributed by atoms with Crippen LogP contribution >= 0.6 is 11.3 Å². The maximum absolute atomic E-state index is 12.5. The number of hydrogen-bond acceptors (Lipinski definition) is 4. The first kappa shape index (κ1) is 20.5. The molecular weight excluding hydrogens is 392 g/mol. The van der Waals surface area contributed by atoms with Crippen LogP contribution < -0.4 is 4.80 Å². The molecule has 0 fully saturated rings. The van der Waals surface area contributed by atoms with Crippen molar-refractivity contribution in [3.63, 3.8) is 0 Å². The molecule has 0 aliphatic rings. The van der Waals surface area contributed by atoms with Gasteiger partial charge in [-0.1, -0.05) is 35.6 Å². The molecule has 1 aromatic heterocycles. The Bertz CT molecular complexity index is 1220. The van der Waals surface area contributed by atoms with Crippen molar-refractivity contribution in [2.45, 2.75) is 44.3 Å². The first-order chi connectivity index (χ1) is 13.1. The Kier molecular flexibility index (Phi) is 5.59. The fourth-order valence-corrected chi connectivity index (χ4v) is 5.30. The van der Waals surface area contributed by atoms with Crippen LogP contribution in [-0.4, -0.2) is 24.1 Å². The predicted octanol–water partition coefficient (Wildman–Crippen LogP) is 3.71. The zero-order valence-corrected chi connectivity index (χ0v) is 18.3. The van der Waals surface area contributed by atoms with Gasteiger partial charge in [-0.2, -0.15) is 4.99 Å². The van der Waals surface area contributed by atoms with Gasteiger partial charge < -0.3 is 4.57 Å². The Morgan fingerprint density at radius 1 is 1.07 bits per heavy atom. The maximum Gasteiger partial charge on any atom is 0.252 e. The van der Waals surface area contributed by atoms with Crippen LogP contribution in [0.3, 0.4) is 0 Å². The summed E-state index contributed by atoms with van der Waals surface area (Å²) in [5, 5.41) is -0.477. The molecule has 148 valence electrons. The van der Waals surface area contributed by atoms with E-state index in [1.54, 1.807) is 38.1 Å². The van der Waals surface area contributed by atoms with E-state index in [1.807, 2.05) is 18.5 Å². The minimum absolute atomic E-state index is 0.133. The number of sulfone groups is 1. The van der Waals surface area contributed by atoms with Crippen LogP contribution in [0.2, 0.25) is 0 Å². The average molecular weight is 417 g/mol. The van der Waals surface area contributed by atoms with E-state index in [-0.39, 0.29) is 17.2 Å². The summed E-state index contributed by atoms with van der Waals surface area (Å²) in [6.07, 6.45) is 0.133. The van der Waals surface area contributed by atoms with Gasteiger partial charge >= 0.3 is 0 Å². The van der Waals surface area contributed by atoms with Crippen molar-refractivity contribution in [2.75, 3.05) is 0 Å². The summed E-state index contributed by atoms with van der Waals surface area (Å²) in [5.74, 6) is -0.253. The highest BCUT2D eigenvalue weighted by Crippen LogP contribution is 2.24. The van der Waals surface area contributed by atoms with Gasteiger partial charge in [-0.3, -0.25) is 4.79 Å². The third-order valence-electron chi connectivity index (χ3n) is 4.79. The SMILES string of the molecule is Cc1ccc(C)c2c1sc(=NC(=O)Cc1ccc(S(=O)(=O)C(C)C)cc1)n2C. The number of benzene rings is 2. The molecule has 0 unspecified atom stereocenters. The van der Waals surface area contributed by atoms with Crippen LogP contribution in [-0.2, 0) is 28.1 Å². The topological polar surface area (TPSA) is 68.5 Å². The van der Waals surface area contributed by atoms with Crippen molar-refractivity contribution < 1.29 is 13.2 Å².